The SMILES string of the molecule is C[C@H]1O[C@H](O[C@H]2[C@H](O)[C@@H](O)[C@H](O)O[C@@H]2CO)[C@H](O)[C@@H](O)[C@@H]1N[C@H]1C=C(CO)[C@@H](O)[C@H](O)[C@H]1O. The molecule has 0 bridgehead atoms. The van der Waals surface area contributed by atoms with Gasteiger partial charge in [0, 0.05) is 0 Å². The highest BCUT2D eigenvalue weighted by atomic mass is 16.7. The van der Waals surface area contributed by atoms with Gasteiger partial charge in [-0.25, -0.2) is 0 Å². The maximum absolute atomic E-state index is 10.7. The molecule has 3 aliphatic rings. The number of hydrogen-bond acceptors (Lipinski definition) is 14. The number of nitrogens with one attached hydrogen (secondary N) is 1. The number of aliphatic hydroxyl groups is 10. The second-order valence-corrected chi connectivity index (χ2v) is 8.56. The normalized spacial score (nSPS) is 51.3. The molecule has 14 heteroatoms. The number of ether oxygens (including phenoxy) is 3. The summed E-state index contributed by atoms with van der Waals surface area (Å²) in [4.78, 5) is 0. The van der Waals surface area contributed by atoms with Crippen LogP contribution in [0.3, 0.4) is 0 Å². The van der Waals surface area contributed by atoms with Gasteiger partial charge in [-0.15, -0.1) is 0 Å². The van der Waals surface area contributed by atoms with Crippen LogP contribution in [0.5, 0.6) is 0 Å². The van der Waals surface area contributed by atoms with E-state index in [0.717, 1.165) is 0 Å². The van der Waals surface area contributed by atoms with Gasteiger partial charge in [-0.1, -0.05) is 6.08 Å². The largest absolute Gasteiger partial charge is 0.394 e. The Hall–Kier alpha value is -0.820. The molecule has 3 rings (SSSR count). The maximum atomic E-state index is 10.7. The lowest BCUT2D eigenvalue weighted by Crippen LogP contribution is -2.68. The Morgan fingerprint density at radius 2 is 1.52 bits per heavy atom. The van der Waals surface area contributed by atoms with E-state index in [1.165, 1.54) is 13.0 Å². The van der Waals surface area contributed by atoms with Gasteiger partial charge in [0.25, 0.3) is 0 Å². The van der Waals surface area contributed by atoms with E-state index < -0.39 is 98.9 Å². The first-order valence-corrected chi connectivity index (χ1v) is 10.6. The summed E-state index contributed by atoms with van der Waals surface area (Å²) in [6.07, 6.45) is -16.8. The lowest BCUT2D eigenvalue weighted by molar-refractivity contribution is -0.345. The molecule has 2 saturated heterocycles. The zero-order valence-electron chi connectivity index (χ0n) is 17.8. The molecule has 192 valence electrons. The summed E-state index contributed by atoms with van der Waals surface area (Å²) in [6.45, 7) is 0.249. The highest BCUT2D eigenvalue weighted by molar-refractivity contribution is 5.22. The van der Waals surface area contributed by atoms with Crippen molar-refractivity contribution in [2.45, 2.75) is 92.6 Å². The Kier molecular flexibility index (Phi) is 8.80. The molecule has 1 aliphatic carbocycles. The van der Waals surface area contributed by atoms with Crippen molar-refractivity contribution >= 4 is 0 Å². The van der Waals surface area contributed by atoms with Crippen LogP contribution >= 0.6 is 0 Å². The van der Waals surface area contributed by atoms with Gasteiger partial charge in [-0.05, 0) is 12.5 Å². The molecule has 0 amide bonds. The molecule has 2 fully saturated rings. The zero-order valence-corrected chi connectivity index (χ0v) is 17.8. The molecule has 0 aromatic heterocycles. The topological polar surface area (TPSA) is 242 Å². The smallest absolute Gasteiger partial charge is 0.187 e. The summed E-state index contributed by atoms with van der Waals surface area (Å²) in [7, 11) is 0. The number of aliphatic hydroxyl groups excluding tert-OH is 10. The third-order valence-electron chi connectivity index (χ3n) is 6.36. The van der Waals surface area contributed by atoms with Crippen LogP contribution in [-0.2, 0) is 14.2 Å². The van der Waals surface area contributed by atoms with Crippen molar-refractivity contribution < 1.29 is 65.3 Å². The maximum Gasteiger partial charge on any atom is 0.187 e. The molecule has 33 heavy (non-hydrogen) atoms. The van der Waals surface area contributed by atoms with Crippen molar-refractivity contribution in [1.82, 2.24) is 5.32 Å². The minimum Gasteiger partial charge on any atom is -0.394 e. The van der Waals surface area contributed by atoms with Crippen LogP contribution < -0.4 is 5.32 Å². The van der Waals surface area contributed by atoms with Gasteiger partial charge < -0.3 is 70.6 Å². The fourth-order valence-corrected chi connectivity index (χ4v) is 4.33. The Morgan fingerprint density at radius 3 is 2.12 bits per heavy atom. The van der Waals surface area contributed by atoms with Crippen LogP contribution in [0, 0.1) is 0 Å². The lowest BCUT2D eigenvalue weighted by Gasteiger charge is -2.47. The Balaban J connectivity index is 1.71. The van der Waals surface area contributed by atoms with Gasteiger partial charge in [-0.3, -0.25) is 0 Å². The molecule has 0 aromatic carbocycles. The third kappa shape index (κ3) is 5.24. The van der Waals surface area contributed by atoms with E-state index in [1.54, 1.807) is 0 Å². The van der Waals surface area contributed by atoms with Gasteiger partial charge in [0.2, 0.25) is 0 Å². The molecule has 0 aromatic rings. The molecule has 0 spiro atoms. The predicted octanol–water partition coefficient (Wildman–Crippen LogP) is -6.39. The first-order valence-electron chi connectivity index (χ1n) is 10.6. The lowest BCUT2D eigenvalue weighted by atomic mass is 9.86. The van der Waals surface area contributed by atoms with Crippen LogP contribution in [0.2, 0.25) is 0 Å². The molecule has 14 nitrogen and oxygen atoms in total. The molecule has 14 atom stereocenters. The fraction of sp³-hybridized carbons (Fsp3) is 0.895. The van der Waals surface area contributed by atoms with Gasteiger partial charge in [0.15, 0.2) is 12.6 Å². The average molecular weight is 483 g/mol. The third-order valence-corrected chi connectivity index (χ3v) is 6.36. The molecular weight excluding hydrogens is 450 g/mol. The van der Waals surface area contributed by atoms with E-state index in [1.807, 2.05) is 0 Å². The quantitative estimate of drug-likeness (QED) is 0.157. The monoisotopic (exact) mass is 483 g/mol. The van der Waals surface area contributed by atoms with Crippen LogP contribution in [0.1, 0.15) is 6.92 Å². The molecule has 0 radical (unpaired) electrons. The van der Waals surface area contributed by atoms with E-state index in [2.05, 4.69) is 5.32 Å². The Morgan fingerprint density at radius 1 is 0.848 bits per heavy atom. The van der Waals surface area contributed by atoms with E-state index >= 15 is 0 Å². The van der Waals surface area contributed by atoms with E-state index in [-0.39, 0.29) is 5.57 Å². The van der Waals surface area contributed by atoms with Crippen LogP contribution in [0.25, 0.3) is 0 Å². The van der Waals surface area contributed by atoms with Crippen molar-refractivity contribution in [3.8, 4) is 0 Å². The van der Waals surface area contributed by atoms with Crippen LogP contribution in [0.15, 0.2) is 11.6 Å². The molecule has 2 heterocycles. The Bertz CT molecular complexity index is 680. The van der Waals surface area contributed by atoms with Crippen LogP contribution in [-0.4, -0.2) is 150 Å². The minimum absolute atomic E-state index is 0.0630. The highest BCUT2D eigenvalue weighted by Gasteiger charge is 2.50. The highest BCUT2D eigenvalue weighted by Crippen LogP contribution is 2.29. The first kappa shape index (κ1) is 26.8. The van der Waals surface area contributed by atoms with Crippen molar-refractivity contribution in [3.05, 3.63) is 11.6 Å². The number of rotatable bonds is 6. The van der Waals surface area contributed by atoms with Gasteiger partial charge in [-0.2, -0.15) is 0 Å². The fourth-order valence-electron chi connectivity index (χ4n) is 4.33. The second kappa shape index (κ2) is 10.8. The van der Waals surface area contributed by atoms with Gasteiger partial charge in [0.1, 0.15) is 54.9 Å². The summed E-state index contributed by atoms with van der Waals surface area (Å²) in [5.41, 5.74) is 0.0630. The average Bonchev–Trinajstić information content (AvgIpc) is 2.79. The molecule has 2 aliphatic heterocycles. The van der Waals surface area contributed by atoms with Crippen LogP contribution in [0.4, 0.5) is 0 Å². The van der Waals surface area contributed by atoms with Gasteiger partial charge >= 0.3 is 0 Å². The summed E-state index contributed by atoms with van der Waals surface area (Å²) < 4.78 is 16.1. The summed E-state index contributed by atoms with van der Waals surface area (Å²) in [5.74, 6) is 0. The first-order chi connectivity index (χ1) is 15.5. The van der Waals surface area contributed by atoms with E-state index in [0.29, 0.717) is 0 Å². The molecule has 0 saturated carbocycles. The van der Waals surface area contributed by atoms with Crippen molar-refractivity contribution in [2.24, 2.45) is 0 Å². The zero-order chi connectivity index (χ0) is 24.6. The van der Waals surface area contributed by atoms with Crippen molar-refractivity contribution in [3.63, 3.8) is 0 Å². The number of hydrogen-bond donors (Lipinski definition) is 11. The molecule has 0 unspecified atom stereocenters. The summed E-state index contributed by atoms with van der Waals surface area (Å²) >= 11 is 0. The predicted molar refractivity (Wildman–Crippen MR) is 105 cm³/mol. The summed E-state index contributed by atoms with van der Waals surface area (Å²) in [5, 5.41) is 103. The van der Waals surface area contributed by atoms with Crippen molar-refractivity contribution in [2.75, 3.05) is 13.2 Å². The summed E-state index contributed by atoms with van der Waals surface area (Å²) in [6, 6.07) is -2.02. The minimum atomic E-state index is -1.76. The van der Waals surface area contributed by atoms with Gasteiger partial charge in [0.05, 0.1) is 31.4 Å². The second-order valence-electron chi connectivity index (χ2n) is 8.56. The Labute approximate surface area is 188 Å². The van der Waals surface area contributed by atoms with E-state index in [9.17, 15) is 51.1 Å². The van der Waals surface area contributed by atoms with E-state index in [4.69, 9.17) is 14.2 Å². The van der Waals surface area contributed by atoms with Crippen molar-refractivity contribution in [1.29, 1.82) is 0 Å². The molecular formula is C19H33NO13. The standard InChI is InChI=1S/C19H33NO13/c1-5-9(20-7-2-6(3-21)10(23)13(26)11(7)24)12(25)16(29)19(31-5)33-17-8(4-22)32-18(30)15(28)14(17)27/h2,5,7-30H,3-4H2,1H3/t5-,7+,8-,9-,10-,11+,12+,13+,14-,15-,16-,17-,18-,19-/m1/s1. The molecule has 11 N–H and O–H groups in total.